The van der Waals surface area contributed by atoms with Crippen molar-refractivity contribution in [2.45, 2.75) is 52.6 Å². The Kier molecular flexibility index (Phi) is 8.52. The maximum atomic E-state index is 13.2. The van der Waals surface area contributed by atoms with Gasteiger partial charge in [0, 0.05) is 18.1 Å². The van der Waals surface area contributed by atoms with Crippen molar-refractivity contribution in [1.82, 2.24) is 10.2 Å². The first-order chi connectivity index (χ1) is 13.4. The maximum Gasteiger partial charge on any atom is 0.242 e. The van der Waals surface area contributed by atoms with E-state index in [0.29, 0.717) is 24.5 Å². The van der Waals surface area contributed by atoms with Gasteiger partial charge in [-0.25, -0.2) is 0 Å². The molecule has 4 nitrogen and oxygen atoms in total. The fourth-order valence-electron chi connectivity index (χ4n) is 3.05. The molecular weight excluding hydrogens is 372 g/mol. The summed E-state index contributed by atoms with van der Waals surface area (Å²) in [6.07, 6.45) is 1.69. The molecular formula is C23H29ClN2O2. The lowest BCUT2D eigenvalue weighted by Gasteiger charge is -2.31. The van der Waals surface area contributed by atoms with E-state index in [1.54, 1.807) is 17.0 Å². The molecule has 1 atom stereocenters. The first-order valence-corrected chi connectivity index (χ1v) is 10.2. The quantitative estimate of drug-likeness (QED) is 0.672. The average Bonchev–Trinajstić information content (AvgIpc) is 2.69. The highest BCUT2D eigenvalue weighted by Crippen LogP contribution is 2.17. The van der Waals surface area contributed by atoms with Gasteiger partial charge in [0.05, 0.1) is 6.42 Å². The van der Waals surface area contributed by atoms with Gasteiger partial charge >= 0.3 is 0 Å². The van der Waals surface area contributed by atoms with Crippen molar-refractivity contribution in [3.8, 4) is 0 Å². The molecule has 1 unspecified atom stereocenters. The van der Waals surface area contributed by atoms with Crippen molar-refractivity contribution in [3.05, 3.63) is 70.2 Å². The predicted molar refractivity (Wildman–Crippen MR) is 114 cm³/mol. The second-order valence-corrected chi connectivity index (χ2v) is 7.46. The van der Waals surface area contributed by atoms with Gasteiger partial charge in [-0.15, -0.1) is 0 Å². The van der Waals surface area contributed by atoms with Crippen LogP contribution in [0.5, 0.6) is 0 Å². The Morgan fingerprint density at radius 3 is 2.18 bits per heavy atom. The summed E-state index contributed by atoms with van der Waals surface area (Å²) in [4.78, 5) is 27.6. The number of aryl methyl sites for hydroxylation is 1. The zero-order chi connectivity index (χ0) is 20.5. The van der Waals surface area contributed by atoms with Crippen LogP contribution < -0.4 is 5.32 Å². The van der Waals surface area contributed by atoms with Crippen LogP contribution in [0.25, 0.3) is 0 Å². The third-order valence-corrected chi connectivity index (χ3v) is 4.93. The summed E-state index contributed by atoms with van der Waals surface area (Å²) in [5.41, 5.74) is 3.04. The van der Waals surface area contributed by atoms with E-state index in [0.717, 1.165) is 23.1 Å². The summed E-state index contributed by atoms with van der Waals surface area (Å²) < 4.78 is 0. The van der Waals surface area contributed by atoms with E-state index in [1.165, 1.54) is 0 Å². The van der Waals surface area contributed by atoms with E-state index in [1.807, 2.05) is 57.2 Å². The van der Waals surface area contributed by atoms with Gasteiger partial charge in [-0.05, 0) is 43.0 Å². The van der Waals surface area contributed by atoms with Gasteiger partial charge in [0.25, 0.3) is 0 Å². The second kappa shape index (κ2) is 10.9. The minimum absolute atomic E-state index is 0.0581. The van der Waals surface area contributed by atoms with Gasteiger partial charge in [0.2, 0.25) is 11.8 Å². The largest absolute Gasteiger partial charge is 0.354 e. The monoisotopic (exact) mass is 400 g/mol. The molecule has 0 aliphatic rings. The molecule has 2 rings (SSSR count). The van der Waals surface area contributed by atoms with Gasteiger partial charge in [-0.2, -0.15) is 0 Å². The SMILES string of the molecule is CCCNC(=O)C(CC)N(Cc1ccc(Cl)cc1)C(=O)Cc1ccc(C)cc1. The van der Waals surface area contributed by atoms with Crippen LogP contribution >= 0.6 is 11.6 Å². The van der Waals surface area contributed by atoms with Gasteiger partial charge in [0.15, 0.2) is 0 Å². The number of amides is 2. The lowest BCUT2D eigenvalue weighted by molar-refractivity contribution is -0.140. The fraction of sp³-hybridized carbons (Fsp3) is 0.391. The molecule has 0 bridgehead atoms. The summed E-state index contributed by atoms with van der Waals surface area (Å²) in [7, 11) is 0. The van der Waals surface area contributed by atoms with Crippen LogP contribution in [-0.4, -0.2) is 29.3 Å². The van der Waals surface area contributed by atoms with Gasteiger partial charge in [0.1, 0.15) is 6.04 Å². The fourth-order valence-corrected chi connectivity index (χ4v) is 3.18. The molecule has 0 fully saturated rings. The van der Waals surface area contributed by atoms with E-state index in [2.05, 4.69) is 5.32 Å². The summed E-state index contributed by atoms with van der Waals surface area (Å²) in [6.45, 7) is 6.94. The number of hydrogen-bond donors (Lipinski definition) is 1. The van der Waals surface area contributed by atoms with Crippen molar-refractivity contribution >= 4 is 23.4 Å². The standard InChI is InChI=1S/C23H29ClN2O2/c1-4-14-25-23(28)21(5-2)26(16-19-10-12-20(24)13-11-19)22(27)15-18-8-6-17(3)7-9-18/h6-13,21H,4-5,14-16H2,1-3H3,(H,25,28). The number of benzene rings is 2. The minimum atomic E-state index is -0.500. The van der Waals surface area contributed by atoms with E-state index < -0.39 is 6.04 Å². The highest BCUT2D eigenvalue weighted by molar-refractivity contribution is 6.30. The van der Waals surface area contributed by atoms with E-state index in [9.17, 15) is 9.59 Å². The molecule has 0 aromatic heterocycles. The Labute approximate surface area is 172 Å². The van der Waals surface area contributed by atoms with Gasteiger partial charge < -0.3 is 10.2 Å². The normalized spacial score (nSPS) is 11.7. The minimum Gasteiger partial charge on any atom is -0.354 e. The number of nitrogens with zero attached hydrogens (tertiary/aromatic N) is 1. The Morgan fingerprint density at radius 1 is 1.00 bits per heavy atom. The van der Waals surface area contributed by atoms with E-state index >= 15 is 0 Å². The highest BCUT2D eigenvalue weighted by atomic mass is 35.5. The lowest BCUT2D eigenvalue weighted by Crippen LogP contribution is -2.49. The Bertz CT molecular complexity index is 772. The Hall–Kier alpha value is -2.33. The Morgan fingerprint density at radius 2 is 1.61 bits per heavy atom. The van der Waals surface area contributed by atoms with Crippen LogP contribution in [0.2, 0.25) is 5.02 Å². The van der Waals surface area contributed by atoms with Crippen molar-refractivity contribution in [2.75, 3.05) is 6.54 Å². The van der Waals surface area contributed by atoms with Gasteiger partial charge in [-0.3, -0.25) is 9.59 Å². The molecule has 0 heterocycles. The summed E-state index contributed by atoms with van der Waals surface area (Å²) in [6, 6.07) is 14.8. The molecule has 28 heavy (non-hydrogen) atoms. The van der Waals surface area contributed by atoms with Crippen LogP contribution in [0, 0.1) is 6.92 Å². The summed E-state index contributed by atoms with van der Waals surface area (Å²) in [5, 5.41) is 3.58. The molecule has 0 radical (unpaired) electrons. The molecule has 150 valence electrons. The molecule has 0 saturated heterocycles. The molecule has 0 saturated carbocycles. The van der Waals surface area contributed by atoms with Crippen LogP contribution in [0.3, 0.4) is 0 Å². The van der Waals surface area contributed by atoms with Crippen molar-refractivity contribution < 1.29 is 9.59 Å². The first-order valence-electron chi connectivity index (χ1n) is 9.81. The van der Waals surface area contributed by atoms with Crippen molar-refractivity contribution in [1.29, 1.82) is 0 Å². The number of halogens is 1. The molecule has 2 aromatic rings. The number of rotatable bonds is 9. The zero-order valence-electron chi connectivity index (χ0n) is 16.9. The predicted octanol–water partition coefficient (Wildman–Crippen LogP) is 4.52. The highest BCUT2D eigenvalue weighted by Gasteiger charge is 2.28. The third kappa shape index (κ3) is 6.38. The smallest absolute Gasteiger partial charge is 0.242 e. The van der Waals surface area contributed by atoms with Crippen molar-refractivity contribution in [2.24, 2.45) is 0 Å². The molecule has 0 spiro atoms. The van der Waals surface area contributed by atoms with Gasteiger partial charge in [-0.1, -0.05) is 67.4 Å². The maximum absolute atomic E-state index is 13.2. The third-order valence-electron chi connectivity index (χ3n) is 4.68. The molecule has 2 amide bonds. The molecule has 0 aliphatic carbocycles. The van der Waals surface area contributed by atoms with E-state index in [4.69, 9.17) is 11.6 Å². The molecule has 2 aromatic carbocycles. The second-order valence-electron chi connectivity index (χ2n) is 7.03. The average molecular weight is 401 g/mol. The molecule has 1 N–H and O–H groups in total. The van der Waals surface area contributed by atoms with Crippen LogP contribution in [0.15, 0.2) is 48.5 Å². The van der Waals surface area contributed by atoms with E-state index in [-0.39, 0.29) is 18.2 Å². The summed E-state index contributed by atoms with van der Waals surface area (Å²) >= 11 is 5.98. The lowest BCUT2D eigenvalue weighted by atomic mass is 10.1. The first kappa shape index (κ1) is 22.0. The molecule has 5 heteroatoms. The van der Waals surface area contributed by atoms with Crippen LogP contribution in [0.1, 0.15) is 43.4 Å². The number of nitrogens with one attached hydrogen (secondary N) is 1. The number of hydrogen-bond acceptors (Lipinski definition) is 2. The topological polar surface area (TPSA) is 49.4 Å². The van der Waals surface area contributed by atoms with Crippen LogP contribution in [-0.2, 0) is 22.6 Å². The Balaban J connectivity index is 2.24. The van der Waals surface area contributed by atoms with Crippen LogP contribution in [0.4, 0.5) is 0 Å². The summed E-state index contributed by atoms with van der Waals surface area (Å²) in [5.74, 6) is -0.159. The van der Waals surface area contributed by atoms with Crippen molar-refractivity contribution in [3.63, 3.8) is 0 Å². The molecule has 0 aliphatic heterocycles. The zero-order valence-corrected chi connectivity index (χ0v) is 17.6. The number of carbonyl (C=O) groups is 2. The number of carbonyl (C=O) groups excluding carboxylic acids is 2.